The molecule has 0 radical (unpaired) electrons. The molecule has 0 bridgehead atoms. The van der Waals surface area contributed by atoms with Crippen LogP contribution in [-0.4, -0.2) is 28.8 Å². The first-order chi connectivity index (χ1) is 17.3. The second kappa shape index (κ2) is 10.2. The largest absolute Gasteiger partial charge is 0.493 e. The molecular weight excluding hydrogens is 494 g/mol. The van der Waals surface area contributed by atoms with Gasteiger partial charge in [0.25, 0.3) is 11.4 Å². The van der Waals surface area contributed by atoms with Crippen LogP contribution in [0.2, 0.25) is 5.02 Å². The number of ether oxygens (including phenoxy) is 3. The summed E-state index contributed by atoms with van der Waals surface area (Å²) < 4.78 is 16.5. The molecule has 36 heavy (non-hydrogen) atoms. The van der Waals surface area contributed by atoms with Gasteiger partial charge >= 0.3 is 5.97 Å². The molecule has 0 spiro atoms. The molecule has 0 saturated heterocycles. The first kappa shape index (κ1) is 24.4. The molecule has 4 rings (SSSR count). The fraction of sp³-hybridized carbons (Fsp3) is 0.0833. The monoisotopic (exact) mass is 509 g/mol. The second-order valence-corrected chi connectivity index (χ2v) is 7.76. The number of carbonyl (C=O) groups excluding carboxylic acids is 1. The number of esters is 1. The van der Waals surface area contributed by atoms with Crippen LogP contribution < -0.4 is 9.47 Å². The lowest BCUT2D eigenvalue weighted by atomic mass is 10.1. The molecule has 0 fully saturated rings. The van der Waals surface area contributed by atoms with Gasteiger partial charge in [-0.15, -0.1) is 0 Å². The van der Waals surface area contributed by atoms with Gasteiger partial charge < -0.3 is 14.2 Å². The Morgan fingerprint density at radius 2 is 1.75 bits per heavy atom. The van der Waals surface area contributed by atoms with E-state index in [4.69, 9.17) is 25.8 Å². The molecular formula is C24H16ClN3O8. The summed E-state index contributed by atoms with van der Waals surface area (Å²) in [6.07, 6.45) is 1.41. The Bertz CT molecular complexity index is 1450. The highest BCUT2D eigenvalue weighted by Crippen LogP contribution is 2.35. The topological polar surface area (TPSA) is 143 Å². The van der Waals surface area contributed by atoms with Crippen molar-refractivity contribution in [3.63, 3.8) is 0 Å². The molecule has 12 heteroatoms. The van der Waals surface area contributed by atoms with E-state index >= 15 is 0 Å². The maximum Gasteiger partial charge on any atom is 0.363 e. The number of rotatable bonds is 8. The number of nitrogens with zero attached hydrogens (tertiary/aromatic N) is 3. The fourth-order valence-corrected chi connectivity index (χ4v) is 3.54. The summed E-state index contributed by atoms with van der Waals surface area (Å²) in [5, 5.41) is 22.3. The molecule has 11 nitrogen and oxygen atoms in total. The third kappa shape index (κ3) is 5.15. The maximum atomic E-state index is 12.5. The first-order valence-electron chi connectivity index (χ1n) is 10.3. The van der Waals surface area contributed by atoms with Crippen LogP contribution in [0.5, 0.6) is 11.5 Å². The Morgan fingerprint density at radius 3 is 2.47 bits per heavy atom. The summed E-state index contributed by atoms with van der Waals surface area (Å²) in [6, 6.07) is 14.7. The molecule has 1 heterocycles. The third-order valence-electron chi connectivity index (χ3n) is 5.04. The third-order valence-corrected chi connectivity index (χ3v) is 5.37. The summed E-state index contributed by atoms with van der Waals surface area (Å²) in [4.78, 5) is 37.7. The predicted molar refractivity (Wildman–Crippen MR) is 129 cm³/mol. The number of nitro groups is 2. The van der Waals surface area contributed by atoms with Crippen LogP contribution in [0.15, 0.2) is 71.4 Å². The second-order valence-electron chi connectivity index (χ2n) is 7.35. The smallest absolute Gasteiger partial charge is 0.363 e. The summed E-state index contributed by atoms with van der Waals surface area (Å²) in [7, 11) is 1.44. The fourth-order valence-electron chi connectivity index (χ4n) is 3.34. The van der Waals surface area contributed by atoms with Gasteiger partial charge in [0.2, 0.25) is 5.90 Å². The van der Waals surface area contributed by atoms with E-state index < -0.39 is 15.8 Å². The van der Waals surface area contributed by atoms with Crippen LogP contribution in [0.25, 0.3) is 6.08 Å². The minimum atomic E-state index is -0.792. The summed E-state index contributed by atoms with van der Waals surface area (Å²) in [6.45, 7) is -0.0134. The van der Waals surface area contributed by atoms with Crippen LogP contribution in [0.3, 0.4) is 0 Å². The number of carbonyl (C=O) groups is 1. The predicted octanol–water partition coefficient (Wildman–Crippen LogP) is 5.09. The Balaban J connectivity index is 1.67. The number of cyclic esters (lactones) is 1. The van der Waals surface area contributed by atoms with Crippen molar-refractivity contribution in [2.75, 3.05) is 7.11 Å². The van der Waals surface area contributed by atoms with E-state index in [2.05, 4.69) is 4.99 Å². The number of aliphatic imine (C=N–C) groups is 1. The van der Waals surface area contributed by atoms with Crippen LogP contribution in [0.4, 0.5) is 11.4 Å². The molecule has 0 saturated carbocycles. The van der Waals surface area contributed by atoms with Gasteiger partial charge in [-0.1, -0.05) is 35.9 Å². The number of methoxy groups -OCH3 is 1. The van der Waals surface area contributed by atoms with E-state index in [0.717, 1.165) is 6.07 Å². The lowest BCUT2D eigenvalue weighted by molar-refractivity contribution is -0.385. The standard InChI is InChI=1S/C24H16ClN3O8/c1-34-21-7-3-5-15(22(21)35-13-14-4-2-6-16(10-14)27(30)31)11-20-24(29)36-23(26-20)18-12-17(28(32)33)8-9-19(18)25/h2-12H,13H2,1H3/b20-11-. The molecule has 0 atom stereocenters. The SMILES string of the molecule is COc1cccc(/C=C2\N=C(c3cc([N+](=O)[O-])ccc3Cl)OC2=O)c1OCc1cccc([N+](=O)[O-])c1. The molecule has 0 N–H and O–H groups in total. The summed E-state index contributed by atoms with van der Waals surface area (Å²) >= 11 is 6.14. The number of nitro benzene ring substituents is 2. The van der Waals surface area contributed by atoms with Crippen LogP contribution in [0.1, 0.15) is 16.7 Å². The van der Waals surface area contributed by atoms with Crippen LogP contribution in [-0.2, 0) is 16.1 Å². The minimum Gasteiger partial charge on any atom is -0.493 e. The van der Waals surface area contributed by atoms with E-state index in [0.29, 0.717) is 16.9 Å². The van der Waals surface area contributed by atoms with Crippen molar-refractivity contribution in [3.8, 4) is 11.5 Å². The molecule has 182 valence electrons. The minimum absolute atomic E-state index is 0.0134. The highest BCUT2D eigenvalue weighted by molar-refractivity contribution is 6.34. The van der Waals surface area contributed by atoms with Gasteiger partial charge in [-0.2, -0.15) is 0 Å². The molecule has 0 aromatic heterocycles. The van der Waals surface area contributed by atoms with Gasteiger partial charge in [0.15, 0.2) is 17.2 Å². The Morgan fingerprint density at radius 1 is 1.03 bits per heavy atom. The first-order valence-corrected chi connectivity index (χ1v) is 10.6. The van der Waals surface area contributed by atoms with Gasteiger partial charge in [0.05, 0.1) is 27.5 Å². The average molecular weight is 510 g/mol. The van der Waals surface area contributed by atoms with Crippen molar-refractivity contribution in [3.05, 3.63) is 108 Å². The zero-order chi connectivity index (χ0) is 25.8. The number of benzene rings is 3. The van der Waals surface area contributed by atoms with Gasteiger partial charge in [0, 0.05) is 29.8 Å². The van der Waals surface area contributed by atoms with Gasteiger partial charge in [-0.05, 0) is 23.8 Å². The van der Waals surface area contributed by atoms with Crippen molar-refractivity contribution in [1.29, 1.82) is 0 Å². The van der Waals surface area contributed by atoms with Crippen molar-refractivity contribution in [2.45, 2.75) is 6.61 Å². The van der Waals surface area contributed by atoms with Crippen LogP contribution in [0, 0.1) is 20.2 Å². The molecule has 1 aliphatic rings. The molecule has 3 aromatic rings. The van der Waals surface area contributed by atoms with E-state index in [-0.39, 0.29) is 45.9 Å². The highest BCUT2D eigenvalue weighted by Gasteiger charge is 2.27. The van der Waals surface area contributed by atoms with Crippen molar-refractivity contribution >= 4 is 40.9 Å². The summed E-state index contributed by atoms with van der Waals surface area (Å²) in [5.74, 6) is -0.349. The van der Waals surface area contributed by atoms with Gasteiger partial charge in [-0.3, -0.25) is 20.2 Å². The van der Waals surface area contributed by atoms with E-state index in [1.165, 1.54) is 37.5 Å². The lowest BCUT2D eigenvalue weighted by Crippen LogP contribution is -2.06. The van der Waals surface area contributed by atoms with Crippen molar-refractivity contribution in [2.24, 2.45) is 4.99 Å². The number of non-ortho nitro benzene ring substituents is 2. The molecule has 0 aliphatic carbocycles. The average Bonchev–Trinajstić information content (AvgIpc) is 3.22. The normalized spacial score (nSPS) is 13.8. The number of hydrogen-bond donors (Lipinski definition) is 0. The number of para-hydroxylation sites is 1. The molecule has 3 aromatic carbocycles. The Kier molecular flexibility index (Phi) is 6.93. The molecule has 1 aliphatic heterocycles. The Labute approximate surface area is 208 Å². The summed E-state index contributed by atoms with van der Waals surface area (Å²) in [5.41, 5.74) is 0.650. The zero-order valence-electron chi connectivity index (χ0n) is 18.5. The highest BCUT2D eigenvalue weighted by atomic mass is 35.5. The number of halogens is 1. The van der Waals surface area contributed by atoms with E-state index in [1.54, 1.807) is 30.3 Å². The van der Waals surface area contributed by atoms with E-state index in [9.17, 15) is 25.0 Å². The van der Waals surface area contributed by atoms with E-state index in [1.807, 2.05) is 0 Å². The van der Waals surface area contributed by atoms with Gasteiger partial charge in [0.1, 0.15) is 6.61 Å². The van der Waals surface area contributed by atoms with Crippen LogP contribution >= 0.6 is 11.6 Å². The molecule has 0 amide bonds. The quantitative estimate of drug-likeness (QED) is 0.177. The lowest BCUT2D eigenvalue weighted by Gasteiger charge is -2.13. The Hall–Kier alpha value is -4.77. The number of hydrogen-bond acceptors (Lipinski definition) is 9. The molecule has 0 unspecified atom stereocenters. The zero-order valence-corrected chi connectivity index (χ0v) is 19.3. The maximum absolute atomic E-state index is 12.5. The van der Waals surface area contributed by atoms with Crippen molar-refractivity contribution in [1.82, 2.24) is 0 Å². The van der Waals surface area contributed by atoms with Gasteiger partial charge in [-0.25, -0.2) is 9.79 Å². The van der Waals surface area contributed by atoms with Crippen molar-refractivity contribution < 1.29 is 28.9 Å².